The molecule has 2 N–H and O–H groups in total. The number of hydrogen-bond donors (Lipinski definition) is 2. The van der Waals surface area contributed by atoms with Crippen LogP contribution in [0.2, 0.25) is 0 Å². The van der Waals surface area contributed by atoms with Crippen molar-refractivity contribution in [1.82, 2.24) is 10.3 Å². The summed E-state index contributed by atoms with van der Waals surface area (Å²) in [4.78, 5) is 14.4. The van der Waals surface area contributed by atoms with Gasteiger partial charge in [-0.2, -0.15) is 0 Å². The van der Waals surface area contributed by atoms with Gasteiger partial charge in [0.15, 0.2) is 0 Å². The van der Waals surface area contributed by atoms with E-state index in [0.29, 0.717) is 18.8 Å². The Morgan fingerprint density at radius 3 is 2.81 bits per heavy atom. The van der Waals surface area contributed by atoms with E-state index < -0.39 is 15.8 Å². The second-order valence-corrected chi connectivity index (χ2v) is 6.37. The van der Waals surface area contributed by atoms with Crippen LogP contribution in [0.4, 0.5) is 0 Å². The number of hydrogen-bond acceptors (Lipinski definition) is 6. The molecule has 16 heavy (non-hydrogen) atoms. The van der Waals surface area contributed by atoms with Crippen molar-refractivity contribution < 1.29 is 18.3 Å². The van der Waals surface area contributed by atoms with E-state index in [-0.39, 0.29) is 10.8 Å². The zero-order valence-corrected chi connectivity index (χ0v) is 10.3. The van der Waals surface area contributed by atoms with Crippen molar-refractivity contribution in [1.29, 1.82) is 0 Å². The average Bonchev–Trinajstić information content (AvgIpc) is 2.59. The first-order valence-electron chi connectivity index (χ1n) is 4.44. The molecule has 0 radical (unpaired) electrons. The number of aromatic nitrogens is 1. The second-order valence-electron chi connectivity index (χ2n) is 3.26. The Balaban J connectivity index is 2.35. The van der Waals surface area contributed by atoms with Gasteiger partial charge in [0.25, 0.3) is 0 Å². The molecule has 90 valence electrons. The zero-order chi connectivity index (χ0) is 12.2. The van der Waals surface area contributed by atoms with Gasteiger partial charge in [0.05, 0.1) is 11.4 Å². The number of rotatable bonds is 6. The first-order chi connectivity index (χ1) is 7.38. The van der Waals surface area contributed by atoms with Gasteiger partial charge in [0.2, 0.25) is 5.01 Å². The van der Waals surface area contributed by atoms with E-state index in [9.17, 15) is 13.2 Å². The Kier molecular flexibility index (Phi) is 4.39. The van der Waals surface area contributed by atoms with Crippen LogP contribution in [0.5, 0.6) is 0 Å². The summed E-state index contributed by atoms with van der Waals surface area (Å²) in [5.41, 5.74) is 0.607. The van der Waals surface area contributed by atoms with Crippen LogP contribution < -0.4 is 5.32 Å². The lowest BCUT2D eigenvalue weighted by molar-refractivity contribution is 0.0696. The van der Waals surface area contributed by atoms with Gasteiger partial charge in [0, 0.05) is 24.7 Å². The monoisotopic (exact) mass is 264 g/mol. The third kappa shape index (κ3) is 4.69. The largest absolute Gasteiger partial charge is 0.476 e. The molecule has 0 aromatic carbocycles. The molecule has 0 unspecified atom stereocenters. The summed E-state index contributed by atoms with van der Waals surface area (Å²) in [6.07, 6.45) is 1.17. The Bertz CT molecular complexity index is 466. The average molecular weight is 264 g/mol. The number of nitrogens with one attached hydrogen (secondary N) is 1. The fourth-order valence-corrected chi connectivity index (χ4v) is 2.13. The van der Waals surface area contributed by atoms with Gasteiger partial charge in [-0.15, -0.1) is 11.3 Å². The molecule has 0 aliphatic heterocycles. The number of thiazole rings is 1. The third-order valence-corrected chi connectivity index (χ3v) is 3.52. The first kappa shape index (κ1) is 13.1. The summed E-state index contributed by atoms with van der Waals surface area (Å²) in [6.45, 7) is 0.706. The maximum atomic E-state index is 10.8. The molecule has 1 aromatic rings. The molecule has 0 atom stereocenters. The Morgan fingerprint density at radius 2 is 2.31 bits per heavy atom. The van der Waals surface area contributed by atoms with Crippen LogP contribution in [0.25, 0.3) is 0 Å². The van der Waals surface area contributed by atoms with Gasteiger partial charge in [-0.3, -0.25) is 0 Å². The summed E-state index contributed by atoms with van der Waals surface area (Å²) in [5, 5.41) is 13.2. The molecule has 0 fully saturated rings. The molecule has 0 bridgehead atoms. The van der Waals surface area contributed by atoms with Crippen molar-refractivity contribution >= 4 is 27.1 Å². The maximum Gasteiger partial charge on any atom is 0.365 e. The minimum atomic E-state index is -2.96. The number of aromatic carboxylic acids is 1. The first-order valence-corrected chi connectivity index (χ1v) is 7.38. The minimum absolute atomic E-state index is 0.0416. The normalized spacial score (nSPS) is 11.6. The number of sulfone groups is 1. The Labute approximate surface area is 97.2 Å². The van der Waals surface area contributed by atoms with Gasteiger partial charge in [-0.1, -0.05) is 0 Å². The lowest BCUT2D eigenvalue weighted by Gasteiger charge is -2.00. The zero-order valence-electron chi connectivity index (χ0n) is 8.63. The number of carboxylic acids is 1. The smallest absolute Gasteiger partial charge is 0.365 e. The molecule has 6 nitrogen and oxygen atoms in total. The van der Waals surface area contributed by atoms with Crippen LogP contribution in [0.3, 0.4) is 0 Å². The van der Waals surface area contributed by atoms with Crippen LogP contribution in [0, 0.1) is 0 Å². The number of carboxylic acid groups (broad SMARTS) is 1. The number of carbonyl (C=O) groups is 1. The molecule has 8 heteroatoms. The second kappa shape index (κ2) is 5.37. The highest BCUT2D eigenvalue weighted by Gasteiger charge is 2.08. The quantitative estimate of drug-likeness (QED) is 0.701. The lowest BCUT2D eigenvalue weighted by atomic mass is 10.5. The molecule has 1 aromatic heterocycles. The van der Waals surface area contributed by atoms with E-state index in [2.05, 4.69) is 10.3 Å². The molecule has 0 aliphatic rings. The summed E-state index contributed by atoms with van der Waals surface area (Å²) in [7, 11) is -2.96. The topological polar surface area (TPSA) is 96.4 Å². The van der Waals surface area contributed by atoms with E-state index in [0.717, 1.165) is 11.3 Å². The molecule has 1 heterocycles. The molecular formula is C8H12N2O4S2. The van der Waals surface area contributed by atoms with E-state index in [4.69, 9.17) is 5.11 Å². The SMILES string of the molecule is CS(=O)(=O)CCNCc1csc(C(=O)O)n1. The molecule has 0 aliphatic carbocycles. The summed E-state index contributed by atoms with van der Waals surface area (Å²) in [5.74, 6) is -0.990. The van der Waals surface area contributed by atoms with Crippen molar-refractivity contribution in [2.24, 2.45) is 0 Å². The van der Waals surface area contributed by atoms with Crippen LogP contribution in [0.15, 0.2) is 5.38 Å². The van der Waals surface area contributed by atoms with E-state index in [1.807, 2.05) is 0 Å². The Hall–Kier alpha value is -0.990. The Morgan fingerprint density at radius 1 is 1.62 bits per heavy atom. The molecule has 0 saturated heterocycles. The summed E-state index contributed by atoms with van der Waals surface area (Å²) < 4.78 is 21.6. The van der Waals surface area contributed by atoms with Crippen LogP contribution in [0.1, 0.15) is 15.5 Å². The van der Waals surface area contributed by atoms with Crippen molar-refractivity contribution in [2.75, 3.05) is 18.6 Å². The molecule has 1 rings (SSSR count). The summed E-state index contributed by atoms with van der Waals surface area (Å²) >= 11 is 1.05. The van der Waals surface area contributed by atoms with Gasteiger partial charge in [-0.05, 0) is 0 Å². The maximum absolute atomic E-state index is 10.8. The van der Waals surface area contributed by atoms with Gasteiger partial charge >= 0.3 is 5.97 Å². The fourth-order valence-electron chi connectivity index (χ4n) is 0.960. The molecule has 0 saturated carbocycles. The van der Waals surface area contributed by atoms with Crippen molar-refractivity contribution in [3.63, 3.8) is 0 Å². The standard InChI is InChI=1S/C8H12N2O4S2/c1-16(13,14)3-2-9-4-6-5-15-7(10-6)8(11)12/h5,9H,2-4H2,1H3,(H,11,12). The third-order valence-electron chi connectivity index (χ3n) is 1.69. The lowest BCUT2D eigenvalue weighted by Crippen LogP contribution is -2.22. The van der Waals surface area contributed by atoms with Crippen molar-refractivity contribution in [3.8, 4) is 0 Å². The van der Waals surface area contributed by atoms with Gasteiger partial charge in [-0.25, -0.2) is 18.2 Å². The van der Waals surface area contributed by atoms with Crippen molar-refractivity contribution in [2.45, 2.75) is 6.54 Å². The molecule has 0 spiro atoms. The highest BCUT2D eigenvalue weighted by Crippen LogP contribution is 2.08. The van der Waals surface area contributed by atoms with Gasteiger partial charge in [0.1, 0.15) is 9.84 Å². The highest BCUT2D eigenvalue weighted by molar-refractivity contribution is 7.90. The minimum Gasteiger partial charge on any atom is -0.476 e. The van der Waals surface area contributed by atoms with Crippen LogP contribution in [-0.4, -0.2) is 43.0 Å². The predicted octanol–water partition coefficient (Wildman–Crippen LogP) is -0.0245. The van der Waals surface area contributed by atoms with Crippen LogP contribution >= 0.6 is 11.3 Å². The number of nitrogens with zero attached hydrogens (tertiary/aromatic N) is 1. The van der Waals surface area contributed by atoms with Crippen LogP contribution in [-0.2, 0) is 16.4 Å². The summed E-state index contributed by atoms with van der Waals surface area (Å²) in [6, 6.07) is 0. The highest BCUT2D eigenvalue weighted by atomic mass is 32.2. The fraction of sp³-hybridized carbons (Fsp3) is 0.500. The van der Waals surface area contributed by atoms with Crippen molar-refractivity contribution in [3.05, 3.63) is 16.1 Å². The predicted molar refractivity (Wildman–Crippen MR) is 60.5 cm³/mol. The molecular weight excluding hydrogens is 252 g/mol. The molecule has 0 amide bonds. The van der Waals surface area contributed by atoms with E-state index in [1.54, 1.807) is 5.38 Å². The van der Waals surface area contributed by atoms with Gasteiger partial charge < -0.3 is 10.4 Å². The van der Waals surface area contributed by atoms with E-state index in [1.165, 1.54) is 6.26 Å². The van der Waals surface area contributed by atoms with E-state index >= 15 is 0 Å².